The number of aryl methyl sites for hydroxylation is 1. The van der Waals surface area contributed by atoms with Gasteiger partial charge in [0, 0.05) is 41.7 Å². The highest BCUT2D eigenvalue weighted by Crippen LogP contribution is 2.32. The van der Waals surface area contributed by atoms with Gasteiger partial charge in [0.2, 0.25) is 0 Å². The molecule has 5 rings (SSSR count). The second-order valence-corrected chi connectivity index (χ2v) is 9.07. The number of aromatic amines is 1. The largest absolute Gasteiger partial charge is 0.352 e. The van der Waals surface area contributed by atoms with Crippen molar-refractivity contribution in [1.82, 2.24) is 30.6 Å². The van der Waals surface area contributed by atoms with Crippen LogP contribution < -0.4 is 15.5 Å². The molecule has 196 valence electrons. The summed E-state index contributed by atoms with van der Waals surface area (Å²) in [5.74, 6) is 1.28. The van der Waals surface area contributed by atoms with E-state index in [2.05, 4.69) is 60.2 Å². The molecule has 0 spiro atoms. The Bertz CT molecular complexity index is 1520. The van der Waals surface area contributed by atoms with E-state index in [1.54, 1.807) is 6.20 Å². The summed E-state index contributed by atoms with van der Waals surface area (Å²) >= 11 is 0. The van der Waals surface area contributed by atoms with Crippen molar-refractivity contribution in [2.24, 2.45) is 0 Å². The number of tetrazole rings is 1. The van der Waals surface area contributed by atoms with E-state index in [0.717, 1.165) is 35.6 Å². The number of nitrogens with one attached hydrogen (secondary N) is 3. The molecule has 3 N–H and O–H groups in total. The first-order valence-electron chi connectivity index (χ1n) is 12.7. The van der Waals surface area contributed by atoms with Gasteiger partial charge in [-0.15, -0.1) is 5.10 Å². The molecule has 0 saturated heterocycles. The van der Waals surface area contributed by atoms with Gasteiger partial charge in [-0.05, 0) is 47.5 Å². The predicted molar refractivity (Wildman–Crippen MR) is 152 cm³/mol. The minimum Gasteiger partial charge on any atom is -0.352 e. The van der Waals surface area contributed by atoms with Crippen LogP contribution in [-0.4, -0.2) is 43.2 Å². The Labute approximate surface area is 226 Å². The monoisotopic (exact) mass is 519 g/mol. The van der Waals surface area contributed by atoms with Crippen molar-refractivity contribution in [2.45, 2.75) is 26.8 Å². The number of H-pyrrole nitrogens is 1. The molecule has 2 amide bonds. The third kappa shape index (κ3) is 6.42. The van der Waals surface area contributed by atoms with Crippen LogP contribution in [0.25, 0.3) is 22.6 Å². The third-order valence-electron chi connectivity index (χ3n) is 6.08. The molecule has 10 nitrogen and oxygen atoms in total. The van der Waals surface area contributed by atoms with Gasteiger partial charge in [-0.25, -0.2) is 14.9 Å². The fourth-order valence-electron chi connectivity index (χ4n) is 4.26. The number of carbonyl (C=O) groups excluding carboxylic acids is 1. The van der Waals surface area contributed by atoms with E-state index in [9.17, 15) is 4.79 Å². The highest BCUT2D eigenvalue weighted by Gasteiger charge is 2.17. The van der Waals surface area contributed by atoms with Gasteiger partial charge in [0.25, 0.3) is 0 Å². The highest BCUT2D eigenvalue weighted by atomic mass is 16.2. The number of hydrogen-bond acceptors (Lipinski definition) is 7. The molecule has 3 aromatic heterocycles. The molecule has 0 aliphatic carbocycles. The molecule has 0 saturated carbocycles. The topological polar surface area (TPSA) is 125 Å². The summed E-state index contributed by atoms with van der Waals surface area (Å²) in [6.45, 7) is 5.50. The second kappa shape index (κ2) is 12.0. The van der Waals surface area contributed by atoms with E-state index in [0.29, 0.717) is 29.4 Å². The van der Waals surface area contributed by atoms with E-state index in [4.69, 9.17) is 4.98 Å². The molecule has 0 aliphatic heterocycles. The number of hydrogen-bond donors (Lipinski definition) is 3. The van der Waals surface area contributed by atoms with Gasteiger partial charge < -0.3 is 15.5 Å². The van der Waals surface area contributed by atoms with Gasteiger partial charge >= 0.3 is 6.03 Å². The van der Waals surface area contributed by atoms with Crippen molar-refractivity contribution in [3.63, 3.8) is 0 Å². The lowest BCUT2D eigenvalue weighted by Gasteiger charge is -2.25. The zero-order chi connectivity index (χ0) is 27.0. The predicted octanol–water partition coefficient (Wildman–Crippen LogP) is 5.69. The first kappa shape index (κ1) is 25.5. The maximum atomic E-state index is 13.0. The van der Waals surface area contributed by atoms with Crippen LogP contribution in [0.4, 0.5) is 22.0 Å². The maximum Gasteiger partial charge on any atom is 0.323 e. The lowest BCUT2D eigenvalue weighted by molar-refractivity contribution is 0.262. The fourth-order valence-corrected chi connectivity index (χ4v) is 4.26. The normalized spacial score (nSPS) is 10.7. The molecule has 3 heterocycles. The number of amides is 2. The summed E-state index contributed by atoms with van der Waals surface area (Å²) in [6, 6.07) is 25.1. The molecule has 0 fully saturated rings. The van der Waals surface area contributed by atoms with Gasteiger partial charge in [0.15, 0.2) is 5.82 Å². The van der Waals surface area contributed by atoms with Crippen LogP contribution in [0.3, 0.4) is 0 Å². The van der Waals surface area contributed by atoms with Crippen LogP contribution >= 0.6 is 0 Å². The molecular formula is C29H29N9O. The van der Waals surface area contributed by atoms with E-state index >= 15 is 0 Å². The van der Waals surface area contributed by atoms with Crippen molar-refractivity contribution >= 4 is 23.2 Å². The number of nitrogens with zero attached hydrogens (tertiary/aromatic N) is 6. The molecule has 0 atom stereocenters. The van der Waals surface area contributed by atoms with Gasteiger partial charge in [0.05, 0.1) is 17.6 Å². The highest BCUT2D eigenvalue weighted by molar-refractivity contribution is 6.00. The van der Waals surface area contributed by atoms with Crippen molar-refractivity contribution in [2.75, 3.05) is 22.1 Å². The number of rotatable bonds is 9. The summed E-state index contributed by atoms with van der Waals surface area (Å²) in [5.41, 5.74) is 5.57. The lowest BCUT2D eigenvalue weighted by atomic mass is 10.0. The van der Waals surface area contributed by atoms with E-state index in [-0.39, 0.29) is 6.03 Å². The molecule has 0 radical (unpaired) electrons. The average Bonchev–Trinajstić information content (AvgIpc) is 3.50. The average molecular weight is 520 g/mol. The number of aromatic nitrogens is 6. The summed E-state index contributed by atoms with van der Waals surface area (Å²) in [6.07, 6.45) is 2.56. The SMILES string of the molecule is CCCN(Cc1ccccc1)c1cc(NC(=O)Nc2ccc(C)nc2)cc(-c2ccccc2-c2nnn[nH]2)n1. The van der Waals surface area contributed by atoms with Gasteiger partial charge in [-0.1, -0.05) is 61.5 Å². The molecule has 10 heteroatoms. The minimum atomic E-state index is -0.374. The van der Waals surface area contributed by atoms with Crippen molar-refractivity contribution in [3.05, 3.63) is 96.3 Å². The van der Waals surface area contributed by atoms with Crippen LogP contribution in [0.15, 0.2) is 85.1 Å². The number of benzene rings is 2. The molecule has 2 aromatic carbocycles. The Kier molecular flexibility index (Phi) is 7.82. The zero-order valence-corrected chi connectivity index (χ0v) is 21.8. The molecular weight excluding hydrogens is 490 g/mol. The Morgan fingerprint density at radius 3 is 2.41 bits per heavy atom. The third-order valence-corrected chi connectivity index (χ3v) is 6.08. The molecule has 5 aromatic rings. The number of pyridine rings is 2. The second-order valence-electron chi connectivity index (χ2n) is 9.07. The number of urea groups is 1. The Hall–Kier alpha value is -5.12. The van der Waals surface area contributed by atoms with Crippen LogP contribution in [0, 0.1) is 6.92 Å². The fraction of sp³-hybridized carbons (Fsp3) is 0.172. The van der Waals surface area contributed by atoms with Gasteiger partial charge in [0.1, 0.15) is 5.82 Å². The summed E-state index contributed by atoms with van der Waals surface area (Å²) in [5, 5.41) is 20.2. The van der Waals surface area contributed by atoms with Gasteiger partial charge in [-0.2, -0.15) is 0 Å². The molecule has 0 unspecified atom stereocenters. The summed E-state index contributed by atoms with van der Waals surface area (Å²) in [7, 11) is 0. The van der Waals surface area contributed by atoms with Crippen molar-refractivity contribution in [3.8, 4) is 22.6 Å². The van der Waals surface area contributed by atoms with Crippen molar-refractivity contribution < 1.29 is 4.79 Å². The molecule has 39 heavy (non-hydrogen) atoms. The quantitative estimate of drug-likeness (QED) is 0.228. The van der Waals surface area contributed by atoms with Crippen LogP contribution in [0.5, 0.6) is 0 Å². The standard InChI is InChI=1S/C29H29N9O/c1-3-15-38(19-21-9-5-4-6-10-21)27-17-23(32-29(39)31-22-14-13-20(2)30-18-22)16-26(33-27)24-11-7-8-12-25(24)28-34-36-37-35-28/h4-14,16-18H,3,15,19H2,1-2H3,(H2,31,32,33,39)(H,34,35,36,37). The van der Waals surface area contributed by atoms with Gasteiger partial charge in [-0.3, -0.25) is 4.98 Å². The zero-order valence-electron chi connectivity index (χ0n) is 21.8. The van der Waals surface area contributed by atoms with Crippen LogP contribution in [0.1, 0.15) is 24.6 Å². The van der Waals surface area contributed by atoms with Crippen LogP contribution in [-0.2, 0) is 6.54 Å². The lowest BCUT2D eigenvalue weighted by Crippen LogP contribution is -2.25. The molecule has 0 aliphatic rings. The van der Waals surface area contributed by atoms with E-state index in [1.165, 1.54) is 5.56 Å². The van der Waals surface area contributed by atoms with E-state index in [1.807, 2.05) is 73.7 Å². The maximum absolute atomic E-state index is 13.0. The Morgan fingerprint density at radius 1 is 0.923 bits per heavy atom. The number of carbonyl (C=O) groups is 1. The first-order valence-corrected chi connectivity index (χ1v) is 12.7. The Balaban J connectivity index is 1.53. The smallest absolute Gasteiger partial charge is 0.323 e. The van der Waals surface area contributed by atoms with Crippen LogP contribution in [0.2, 0.25) is 0 Å². The number of anilines is 3. The van der Waals surface area contributed by atoms with Crippen molar-refractivity contribution in [1.29, 1.82) is 0 Å². The van der Waals surface area contributed by atoms with E-state index < -0.39 is 0 Å². The minimum absolute atomic E-state index is 0.374. The molecule has 0 bridgehead atoms. The summed E-state index contributed by atoms with van der Waals surface area (Å²) < 4.78 is 0. The summed E-state index contributed by atoms with van der Waals surface area (Å²) in [4.78, 5) is 24.5. The Morgan fingerprint density at radius 2 is 1.69 bits per heavy atom. The first-order chi connectivity index (χ1) is 19.1.